The van der Waals surface area contributed by atoms with Crippen molar-refractivity contribution in [1.29, 1.82) is 10.5 Å². The maximum absolute atomic E-state index is 16.1. The van der Waals surface area contributed by atoms with Crippen molar-refractivity contribution in [2.24, 2.45) is 0 Å². The van der Waals surface area contributed by atoms with Crippen molar-refractivity contribution < 1.29 is 13.2 Å². The molecule has 10 aromatic carbocycles. The van der Waals surface area contributed by atoms with Gasteiger partial charge in [-0.05, 0) is 219 Å². The van der Waals surface area contributed by atoms with E-state index < -0.39 is 11.7 Å². The molecule has 1 aliphatic heterocycles. The minimum atomic E-state index is -4.84. The monoisotopic (exact) mass is 1060 g/mol. The number of rotatable bonds is 4. The van der Waals surface area contributed by atoms with E-state index in [1.165, 1.54) is 16.7 Å². The van der Waals surface area contributed by atoms with Crippen LogP contribution in [0.4, 0.5) is 13.2 Å². The van der Waals surface area contributed by atoms with Gasteiger partial charge in [-0.15, -0.1) is 0 Å². The summed E-state index contributed by atoms with van der Waals surface area (Å²) in [5, 5.41) is 26.8. The van der Waals surface area contributed by atoms with Gasteiger partial charge < -0.3 is 9.13 Å². The first kappa shape index (κ1) is 51.0. The lowest BCUT2D eigenvalue weighted by Gasteiger charge is -2.24. The van der Waals surface area contributed by atoms with Crippen LogP contribution in [0.3, 0.4) is 0 Å². The maximum Gasteiger partial charge on any atom is 0.417 e. The minimum absolute atomic E-state index is 0.0360. The number of alkyl halides is 3. The third-order valence-corrected chi connectivity index (χ3v) is 17.1. The normalized spacial score (nSPS) is 12.0. The van der Waals surface area contributed by atoms with E-state index in [0.717, 1.165) is 133 Å². The molecule has 1 aliphatic rings. The van der Waals surface area contributed by atoms with E-state index in [-0.39, 0.29) is 11.1 Å². The molecule has 394 valence electrons. The maximum atomic E-state index is 16.1. The van der Waals surface area contributed by atoms with Crippen molar-refractivity contribution >= 4 is 43.6 Å². The Hall–Kier alpha value is -9.43. The summed E-state index contributed by atoms with van der Waals surface area (Å²) in [6, 6.07) is 54.2. The number of aryl methyl sites for hydroxylation is 11. The number of halogens is 3. The molecule has 0 saturated heterocycles. The predicted octanol–water partition coefficient (Wildman–Crippen LogP) is 20.4. The van der Waals surface area contributed by atoms with Gasteiger partial charge in [-0.3, -0.25) is 0 Å². The van der Waals surface area contributed by atoms with Gasteiger partial charge in [-0.2, -0.15) is 23.7 Å². The second-order valence-corrected chi connectivity index (χ2v) is 23.0. The van der Waals surface area contributed by atoms with Crippen molar-refractivity contribution in [3.63, 3.8) is 0 Å². The molecule has 13 rings (SSSR count). The fourth-order valence-electron chi connectivity index (χ4n) is 14.3. The summed E-state index contributed by atoms with van der Waals surface area (Å²) in [5.74, 6) is 0. The first-order valence-corrected chi connectivity index (χ1v) is 27.5. The topological polar surface area (TPSA) is 57.4 Å². The Labute approximate surface area is 470 Å². The van der Waals surface area contributed by atoms with Gasteiger partial charge in [0.2, 0.25) is 0 Å². The van der Waals surface area contributed by atoms with Crippen LogP contribution in [-0.4, -0.2) is 9.13 Å². The van der Waals surface area contributed by atoms with Crippen molar-refractivity contribution in [1.82, 2.24) is 9.13 Å². The van der Waals surface area contributed by atoms with Crippen LogP contribution >= 0.6 is 0 Å². The van der Waals surface area contributed by atoms with Gasteiger partial charge in [0.1, 0.15) is 0 Å². The molecule has 0 spiro atoms. The van der Waals surface area contributed by atoms with Crippen molar-refractivity contribution in [2.45, 2.75) is 82.3 Å². The average Bonchev–Trinajstić information content (AvgIpc) is 4.16. The van der Waals surface area contributed by atoms with Gasteiger partial charge >= 0.3 is 6.18 Å². The van der Waals surface area contributed by atoms with Gasteiger partial charge in [0, 0.05) is 32.7 Å². The van der Waals surface area contributed by atoms with Crippen LogP contribution in [0.2, 0.25) is 0 Å². The van der Waals surface area contributed by atoms with E-state index in [2.05, 4.69) is 187 Å². The summed E-state index contributed by atoms with van der Waals surface area (Å²) in [6.45, 7) is 23.0. The minimum Gasteiger partial charge on any atom is -0.308 e. The molecule has 0 N–H and O–H groups in total. The highest BCUT2D eigenvalue weighted by molar-refractivity contribution is 6.15. The third kappa shape index (κ3) is 7.93. The zero-order valence-electron chi connectivity index (χ0n) is 47.3. The molecular formula is C74H57F3N4. The zero-order valence-corrected chi connectivity index (χ0v) is 47.3. The average molecular weight is 1060 g/mol. The Bertz CT molecular complexity index is 4700. The fraction of sp³-hybridized carbons (Fsp3) is 0.162. The molecule has 4 nitrogen and oxygen atoms in total. The highest BCUT2D eigenvalue weighted by Crippen LogP contribution is 2.51. The number of benzene rings is 10. The number of aromatic nitrogens is 2. The number of fused-ring (bicyclic) bond motifs is 15. The summed E-state index contributed by atoms with van der Waals surface area (Å²) in [7, 11) is 0. The van der Waals surface area contributed by atoms with E-state index in [9.17, 15) is 10.5 Å². The van der Waals surface area contributed by atoms with E-state index in [1.807, 2.05) is 44.2 Å². The fourth-order valence-corrected chi connectivity index (χ4v) is 14.3. The molecule has 4 bridgehead atoms. The van der Waals surface area contributed by atoms with Crippen LogP contribution in [0, 0.1) is 98.8 Å². The molecule has 3 heterocycles. The largest absolute Gasteiger partial charge is 0.417 e. The number of hydrogen-bond acceptors (Lipinski definition) is 2. The Morgan fingerprint density at radius 2 is 0.667 bits per heavy atom. The van der Waals surface area contributed by atoms with E-state index in [4.69, 9.17) is 0 Å². The summed E-state index contributed by atoms with van der Waals surface area (Å²) >= 11 is 0. The molecule has 0 unspecified atom stereocenters. The van der Waals surface area contributed by atoms with Gasteiger partial charge in [0.05, 0.1) is 62.3 Å². The highest BCUT2D eigenvalue weighted by atomic mass is 19.4. The van der Waals surface area contributed by atoms with E-state index in [0.29, 0.717) is 39.2 Å². The molecule has 0 fully saturated rings. The summed E-state index contributed by atoms with van der Waals surface area (Å²) in [6.07, 6.45) is -4.84. The molecule has 81 heavy (non-hydrogen) atoms. The van der Waals surface area contributed by atoms with Crippen molar-refractivity contribution in [2.75, 3.05) is 0 Å². The van der Waals surface area contributed by atoms with Crippen LogP contribution < -0.4 is 0 Å². The predicted molar refractivity (Wildman–Crippen MR) is 328 cm³/mol. The molecule has 0 amide bonds. The lowest BCUT2D eigenvalue weighted by atomic mass is 9.84. The molecule has 12 aromatic rings. The first-order valence-electron chi connectivity index (χ1n) is 27.5. The van der Waals surface area contributed by atoms with E-state index in [1.54, 1.807) is 6.07 Å². The summed E-state index contributed by atoms with van der Waals surface area (Å²) in [5.41, 5.74) is 24.5. The van der Waals surface area contributed by atoms with Crippen LogP contribution in [0.25, 0.3) is 122 Å². The number of hydrogen-bond donors (Lipinski definition) is 0. The molecule has 7 heteroatoms. The third-order valence-electron chi connectivity index (χ3n) is 17.1. The highest BCUT2D eigenvalue weighted by Gasteiger charge is 2.37. The Morgan fingerprint density at radius 3 is 1.00 bits per heavy atom. The Morgan fingerprint density at radius 1 is 0.333 bits per heavy atom. The molecule has 0 saturated carbocycles. The quantitative estimate of drug-likeness (QED) is 0.176. The zero-order chi connectivity index (χ0) is 56.8. The second-order valence-electron chi connectivity index (χ2n) is 23.0. The summed E-state index contributed by atoms with van der Waals surface area (Å²) in [4.78, 5) is 0. The first-order chi connectivity index (χ1) is 38.7. The Balaban J connectivity index is 1.28. The van der Waals surface area contributed by atoms with Crippen LogP contribution in [-0.2, 0) is 6.18 Å². The number of nitriles is 2. The lowest BCUT2D eigenvalue weighted by molar-refractivity contribution is -0.137. The van der Waals surface area contributed by atoms with E-state index >= 15 is 13.2 Å². The molecule has 0 atom stereocenters. The molecule has 2 aromatic heterocycles. The molecular weight excluding hydrogens is 1000 g/mol. The van der Waals surface area contributed by atoms with Gasteiger partial charge in [-0.25, -0.2) is 0 Å². The van der Waals surface area contributed by atoms with Crippen LogP contribution in [0.1, 0.15) is 77.9 Å². The summed E-state index contributed by atoms with van der Waals surface area (Å²) < 4.78 is 52.6. The lowest BCUT2D eigenvalue weighted by Crippen LogP contribution is -2.10. The standard InChI is InChI=1S/C74H57F3N4/c1-38-20-42(5)69(43(6)21-38)50-12-16-55-56-17-13-51(70-44(7)22-39(2)23-45(70)8)32-64(56)80(63(55)31-50)67-28-49(36-78)29-68-73(67)59-35-60(62(74(75,76)77)30-54(59)37-79)61-27-41(4)26-48(11)72(61)53-15-19-58-57-18-14-52(33-65(57)81(68)66(58)34-53)71-46(9)24-40(3)25-47(71)10/h12-35H,1-11H3. The number of nitrogens with zero attached hydrogens (tertiary/aromatic N) is 4. The Kier molecular flexibility index (Phi) is 11.5. The SMILES string of the molecule is Cc1cc(C)c(-c2ccc3c4ccc(-c5c(C)cc(C)cc5C)cc4n(-c4cc(C#N)cc5c4-c4cc(c(C(F)(F)F)cc4C#N)-c4cc(C)cc(C)c4-c4ccc6c7ccc(-c8c(C)cc(C)cc8C)cc7n-5c6c4)c3c2)c(C)c1. The molecule has 0 radical (unpaired) electrons. The smallest absolute Gasteiger partial charge is 0.308 e. The van der Waals surface area contributed by atoms with Gasteiger partial charge in [0.15, 0.2) is 0 Å². The van der Waals surface area contributed by atoms with Crippen molar-refractivity contribution in [3.05, 3.63) is 223 Å². The van der Waals surface area contributed by atoms with Crippen LogP contribution in [0.5, 0.6) is 0 Å². The second kappa shape index (κ2) is 18.3. The van der Waals surface area contributed by atoms with Gasteiger partial charge in [-0.1, -0.05) is 119 Å². The molecule has 0 aliphatic carbocycles. The van der Waals surface area contributed by atoms with Crippen LogP contribution in [0.15, 0.2) is 146 Å². The van der Waals surface area contributed by atoms with Crippen molar-refractivity contribution in [3.8, 4) is 90.3 Å². The van der Waals surface area contributed by atoms with Gasteiger partial charge in [0.25, 0.3) is 0 Å².